The van der Waals surface area contributed by atoms with E-state index in [1.165, 1.54) is 19.3 Å². The van der Waals surface area contributed by atoms with Crippen LogP contribution in [-0.2, 0) is 0 Å². The number of likely N-dealkylation sites (N-methyl/N-ethyl adjacent to an activating group) is 1. The smallest absolute Gasteiger partial charge is 0.176 e. The van der Waals surface area contributed by atoms with E-state index in [1.807, 2.05) is 38.2 Å². The van der Waals surface area contributed by atoms with Crippen LogP contribution in [0.2, 0.25) is 0 Å². The number of aryl methyl sites for hydroxylation is 1. The molecule has 1 aromatic carbocycles. The molecule has 0 amide bonds. The molecule has 0 spiro atoms. The fourth-order valence-corrected chi connectivity index (χ4v) is 1.87. The highest BCUT2D eigenvalue weighted by Crippen LogP contribution is 2.06. The topological polar surface area (TPSA) is 20.3 Å². The fourth-order valence-electron chi connectivity index (χ4n) is 1.87. The third-order valence-electron chi connectivity index (χ3n) is 2.90. The molecule has 0 N–H and O–H groups in total. The van der Waals surface area contributed by atoms with Crippen LogP contribution in [0.25, 0.3) is 0 Å². The predicted molar refractivity (Wildman–Crippen MR) is 72.5 cm³/mol. The van der Waals surface area contributed by atoms with Gasteiger partial charge in [-0.2, -0.15) is 0 Å². The van der Waals surface area contributed by atoms with Crippen molar-refractivity contribution >= 4 is 5.78 Å². The van der Waals surface area contributed by atoms with Gasteiger partial charge < -0.3 is 0 Å². The van der Waals surface area contributed by atoms with Gasteiger partial charge in [-0.1, -0.05) is 43.5 Å². The SMILES string of the molecule is CCCCCN(C)CC(=O)c1cccc(C)c1. The monoisotopic (exact) mass is 233 g/mol. The van der Waals surface area contributed by atoms with Gasteiger partial charge in [0.05, 0.1) is 6.54 Å². The standard InChI is InChI=1S/C15H23NO/c1-4-5-6-10-16(3)12-15(17)14-9-7-8-13(2)11-14/h7-9,11H,4-6,10,12H2,1-3H3. The van der Waals surface area contributed by atoms with Gasteiger partial charge in [-0.15, -0.1) is 0 Å². The van der Waals surface area contributed by atoms with Crippen molar-refractivity contribution in [2.24, 2.45) is 0 Å². The van der Waals surface area contributed by atoms with Crippen molar-refractivity contribution in [2.45, 2.75) is 33.1 Å². The molecule has 0 saturated heterocycles. The summed E-state index contributed by atoms with van der Waals surface area (Å²) in [6.45, 7) is 5.73. The lowest BCUT2D eigenvalue weighted by Crippen LogP contribution is -2.27. The molecule has 2 nitrogen and oxygen atoms in total. The summed E-state index contributed by atoms with van der Waals surface area (Å²) in [5.41, 5.74) is 1.97. The summed E-state index contributed by atoms with van der Waals surface area (Å²) in [5, 5.41) is 0. The number of hydrogen-bond acceptors (Lipinski definition) is 2. The molecular weight excluding hydrogens is 210 g/mol. The van der Waals surface area contributed by atoms with E-state index in [0.29, 0.717) is 6.54 Å². The molecule has 94 valence electrons. The highest BCUT2D eigenvalue weighted by atomic mass is 16.1. The number of hydrogen-bond donors (Lipinski definition) is 0. The Bertz CT molecular complexity index is 360. The Kier molecular flexibility index (Phi) is 5.92. The number of rotatable bonds is 7. The molecule has 0 saturated carbocycles. The molecule has 0 aliphatic heterocycles. The van der Waals surface area contributed by atoms with E-state index in [4.69, 9.17) is 0 Å². The first kappa shape index (κ1) is 13.9. The maximum absolute atomic E-state index is 12.0. The van der Waals surface area contributed by atoms with Gasteiger partial charge in [0.2, 0.25) is 0 Å². The lowest BCUT2D eigenvalue weighted by molar-refractivity contribution is 0.0945. The average molecular weight is 233 g/mol. The van der Waals surface area contributed by atoms with Crippen molar-refractivity contribution in [3.8, 4) is 0 Å². The molecule has 0 aliphatic rings. The van der Waals surface area contributed by atoms with Gasteiger partial charge in [-0.3, -0.25) is 9.69 Å². The molecule has 0 bridgehead atoms. The first-order valence-corrected chi connectivity index (χ1v) is 6.42. The van der Waals surface area contributed by atoms with Gasteiger partial charge in [0, 0.05) is 5.56 Å². The molecular formula is C15H23NO. The second-order valence-corrected chi connectivity index (χ2v) is 4.74. The molecule has 0 fully saturated rings. The highest BCUT2D eigenvalue weighted by Gasteiger charge is 2.08. The first-order chi connectivity index (χ1) is 8.13. The van der Waals surface area contributed by atoms with Crippen LogP contribution in [0.1, 0.15) is 42.1 Å². The molecule has 0 atom stereocenters. The van der Waals surface area contributed by atoms with Crippen LogP contribution >= 0.6 is 0 Å². The molecule has 0 radical (unpaired) electrons. The normalized spacial score (nSPS) is 10.8. The lowest BCUT2D eigenvalue weighted by atomic mass is 10.1. The minimum absolute atomic E-state index is 0.215. The lowest BCUT2D eigenvalue weighted by Gasteiger charge is -2.15. The largest absolute Gasteiger partial charge is 0.299 e. The van der Waals surface area contributed by atoms with E-state index < -0.39 is 0 Å². The van der Waals surface area contributed by atoms with Crippen molar-refractivity contribution in [3.05, 3.63) is 35.4 Å². The van der Waals surface area contributed by atoms with Gasteiger partial charge in [0.15, 0.2) is 5.78 Å². The fraction of sp³-hybridized carbons (Fsp3) is 0.533. The van der Waals surface area contributed by atoms with E-state index in [2.05, 4.69) is 11.8 Å². The van der Waals surface area contributed by atoms with Crippen LogP contribution in [0.3, 0.4) is 0 Å². The molecule has 0 aliphatic carbocycles. The quantitative estimate of drug-likeness (QED) is 0.532. The molecule has 17 heavy (non-hydrogen) atoms. The van der Waals surface area contributed by atoms with E-state index >= 15 is 0 Å². The molecule has 0 unspecified atom stereocenters. The number of nitrogens with zero attached hydrogens (tertiary/aromatic N) is 1. The third kappa shape index (κ3) is 5.14. The Balaban J connectivity index is 2.43. The highest BCUT2D eigenvalue weighted by molar-refractivity contribution is 5.97. The van der Waals surface area contributed by atoms with Crippen molar-refractivity contribution in [1.29, 1.82) is 0 Å². The first-order valence-electron chi connectivity index (χ1n) is 6.42. The maximum atomic E-state index is 12.0. The average Bonchev–Trinajstić information content (AvgIpc) is 2.29. The number of benzene rings is 1. The zero-order chi connectivity index (χ0) is 12.7. The van der Waals surface area contributed by atoms with Crippen LogP contribution in [0, 0.1) is 6.92 Å². The van der Waals surface area contributed by atoms with Crippen LogP contribution in [0.15, 0.2) is 24.3 Å². The zero-order valence-corrected chi connectivity index (χ0v) is 11.2. The van der Waals surface area contributed by atoms with Crippen LogP contribution in [0.4, 0.5) is 0 Å². The van der Waals surface area contributed by atoms with Crippen molar-refractivity contribution in [3.63, 3.8) is 0 Å². The number of carbonyl (C=O) groups is 1. The minimum Gasteiger partial charge on any atom is -0.299 e. The summed E-state index contributed by atoms with van der Waals surface area (Å²) in [6, 6.07) is 7.82. The minimum atomic E-state index is 0.215. The Labute approximate surface area is 105 Å². The maximum Gasteiger partial charge on any atom is 0.176 e. The molecule has 0 aromatic heterocycles. The predicted octanol–water partition coefficient (Wildman–Crippen LogP) is 3.30. The number of ketones is 1. The van der Waals surface area contributed by atoms with Crippen molar-refractivity contribution < 1.29 is 4.79 Å². The second kappa shape index (κ2) is 7.23. The van der Waals surface area contributed by atoms with Gasteiger partial charge in [-0.05, 0) is 33.0 Å². The summed E-state index contributed by atoms with van der Waals surface area (Å²) in [6.07, 6.45) is 3.64. The van der Waals surface area contributed by atoms with Gasteiger partial charge in [-0.25, -0.2) is 0 Å². The Morgan fingerprint density at radius 1 is 1.29 bits per heavy atom. The van der Waals surface area contributed by atoms with Crippen molar-refractivity contribution in [1.82, 2.24) is 4.90 Å². The van der Waals surface area contributed by atoms with Crippen LogP contribution < -0.4 is 0 Å². The van der Waals surface area contributed by atoms with Crippen molar-refractivity contribution in [2.75, 3.05) is 20.1 Å². The Morgan fingerprint density at radius 3 is 2.71 bits per heavy atom. The van der Waals surface area contributed by atoms with Crippen LogP contribution in [-0.4, -0.2) is 30.8 Å². The zero-order valence-electron chi connectivity index (χ0n) is 11.2. The molecule has 0 heterocycles. The summed E-state index contributed by atoms with van der Waals surface area (Å²) in [5.74, 6) is 0.215. The van der Waals surface area contributed by atoms with E-state index in [9.17, 15) is 4.79 Å². The molecule has 1 aromatic rings. The van der Waals surface area contributed by atoms with Gasteiger partial charge in [0.25, 0.3) is 0 Å². The summed E-state index contributed by atoms with van der Waals surface area (Å²) < 4.78 is 0. The summed E-state index contributed by atoms with van der Waals surface area (Å²) >= 11 is 0. The number of Topliss-reactive ketones (excluding diaryl/α,β-unsaturated/α-hetero) is 1. The number of carbonyl (C=O) groups excluding carboxylic acids is 1. The number of unbranched alkanes of at least 4 members (excludes halogenated alkanes) is 2. The van der Waals surface area contributed by atoms with E-state index in [-0.39, 0.29) is 5.78 Å². The van der Waals surface area contributed by atoms with E-state index in [1.54, 1.807) is 0 Å². The summed E-state index contributed by atoms with van der Waals surface area (Å²) in [4.78, 5) is 14.1. The summed E-state index contributed by atoms with van der Waals surface area (Å²) in [7, 11) is 2.02. The van der Waals surface area contributed by atoms with Gasteiger partial charge in [0.1, 0.15) is 0 Å². The Hall–Kier alpha value is -1.15. The third-order valence-corrected chi connectivity index (χ3v) is 2.90. The van der Waals surface area contributed by atoms with Gasteiger partial charge >= 0.3 is 0 Å². The molecule has 2 heteroatoms. The Morgan fingerprint density at radius 2 is 2.06 bits per heavy atom. The molecule has 1 rings (SSSR count). The van der Waals surface area contributed by atoms with Crippen LogP contribution in [0.5, 0.6) is 0 Å². The second-order valence-electron chi connectivity index (χ2n) is 4.74. The van der Waals surface area contributed by atoms with E-state index in [0.717, 1.165) is 17.7 Å².